The van der Waals surface area contributed by atoms with Crippen LogP contribution < -0.4 is 10.6 Å². The van der Waals surface area contributed by atoms with Crippen LogP contribution in [0.1, 0.15) is 80.6 Å². The first-order valence-corrected chi connectivity index (χ1v) is 16.0. The molecule has 0 saturated heterocycles. The molecule has 0 aliphatic carbocycles. The molecule has 0 radical (unpaired) electrons. The van der Waals surface area contributed by atoms with Crippen LogP contribution in [0.2, 0.25) is 0 Å². The maximum Gasteiger partial charge on any atom is 0.407 e. The van der Waals surface area contributed by atoms with Gasteiger partial charge in [0.1, 0.15) is 12.2 Å². The Labute approximate surface area is 250 Å². The molecule has 0 spiro atoms. The summed E-state index contributed by atoms with van der Waals surface area (Å²) in [7, 11) is 0. The normalized spacial score (nSPS) is 14.3. The maximum atomic E-state index is 12.2. The minimum absolute atomic E-state index is 0.137. The van der Waals surface area contributed by atoms with Crippen molar-refractivity contribution in [1.82, 2.24) is 10.6 Å². The Morgan fingerprint density at radius 2 is 1.23 bits per heavy atom. The van der Waals surface area contributed by atoms with E-state index in [4.69, 9.17) is 18.9 Å². The first-order valence-electron chi connectivity index (χ1n) is 14.2. The number of nitrogens with one attached hydrogen (secondary N) is 2. The summed E-state index contributed by atoms with van der Waals surface area (Å²) < 4.78 is 21.0. The van der Waals surface area contributed by atoms with Gasteiger partial charge in [0, 0.05) is 30.3 Å². The highest BCUT2D eigenvalue weighted by molar-refractivity contribution is 7.99. The van der Waals surface area contributed by atoms with Crippen LogP contribution in [0.15, 0.2) is 0 Å². The molecule has 0 fully saturated rings. The lowest BCUT2D eigenvalue weighted by atomic mass is 9.82. The molecular formula is C28H52N2O8S2. The van der Waals surface area contributed by atoms with E-state index in [-0.39, 0.29) is 41.4 Å². The Kier molecular flexibility index (Phi) is 20.9. The van der Waals surface area contributed by atoms with E-state index in [1.165, 1.54) is 11.8 Å². The van der Waals surface area contributed by atoms with Crippen molar-refractivity contribution in [3.05, 3.63) is 0 Å². The van der Waals surface area contributed by atoms with Crippen molar-refractivity contribution in [2.24, 2.45) is 17.3 Å². The monoisotopic (exact) mass is 608 g/mol. The molecule has 0 heterocycles. The van der Waals surface area contributed by atoms with Crippen LogP contribution in [-0.2, 0) is 28.5 Å². The topological polar surface area (TPSA) is 129 Å². The molecule has 0 aliphatic heterocycles. The lowest BCUT2D eigenvalue weighted by Crippen LogP contribution is -2.30. The number of amides is 2. The van der Waals surface area contributed by atoms with E-state index in [0.717, 1.165) is 19.3 Å². The van der Waals surface area contributed by atoms with Gasteiger partial charge < -0.3 is 29.6 Å². The van der Waals surface area contributed by atoms with Crippen LogP contribution in [0.5, 0.6) is 0 Å². The molecule has 0 aromatic rings. The van der Waals surface area contributed by atoms with E-state index in [2.05, 4.69) is 23.3 Å². The Balaban J connectivity index is 3.79. The van der Waals surface area contributed by atoms with E-state index in [1.807, 2.05) is 41.5 Å². The third kappa shape index (κ3) is 20.1. The zero-order chi connectivity index (χ0) is 30.6. The molecule has 2 N–H and O–H groups in total. The standard InChI is InChI=1S/C28H52N2O8S2/c1-20(24(31)35-15-11-12-16-36-25(32)23(4)28(5,6)7)18-40-19-22(3)38-27(34)30-14-10-8-9-13-29-26(33)37-21(2)17-39/h20-23,39H,8-19H2,1-7H3,(H,29,33)(H,30,34). The summed E-state index contributed by atoms with van der Waals surface area (Å²) in [5.41, 5.74) is -0.137. The second-order valence-electron chi connectivity index (χ2n) is 11.1. The number of carbonyl (C=O) groups excluding carboxylic acids is 4. The highest BCUT2D eigenvalue weighted by atomic mass is 32.2. The van der Waals surface area contributed by atoms with E-state index >= 15 is 0 Å². The van der Waals surface area contributed by atoms with Crippen molar-refractivity contribution in [3.63, 3.8) is 0 Å². The molecule has 0 aliphatic rings. The molecule has 4 unspecified atom stereocenters. The number of ether oxygens (including phenoxy) is 4. The predicted molar refractivity (Wildman–Crippen MR) is 162 cm³/mol. The molecule has 0 aromatic heterocycles. The number of hydrogen-bond donors (Lipinski definition) is 3. The fourth-order valence-corrected chi connectivity index (χ4v) is 4.08. The number of unbranched alkanes of at least 4 members (excludes halogenated alkanes) is 3. The number of esters is 2. The van der Waals surface area contributed by atoms with Crippen molar-refractivity contribution >= 4 is 48.5 Å². The third-order valence-electron chi connectivity index (χ3n) is 6.07. The van der Waals surface area contributed by atoms with Crippen molar-refractivity contribution in [2.75, 3.05) is 43.6 Å². The van der Waals surface area contributed by atoms with Crippen molar-refractivity contribution in [2.45, 2.75) is 92.8 Å². The minimum Gasteiger partial charge on any atom is -0.465 e. The van der Waals surface area contributed by atoms with Gasteiger partial charge in [0.15, 0.2) is 0 Å². The zero-order valence-corrected chi connectivity index (χ0v) is 27.1. The van der Waals surface area contributed by atoms with E-state index in [9.17, 15) is 19.2 Å². The smallest absolute Gasteiger partial charge is 0.407 e. The Bertz CT molecular complexity index is 748. The van der Waals surface area contributed by atoms with Crippen molar-refractivity contribution in [1.29, 1.82) is 0 Å². The minimum atomic E-state index is -0.471. The molecule has 10 nitrogen and oxygen atoms in total. The fraction of sp³-hybridized carbons (Fsp3) is 0.857. The molecule has 234 valence electrons. The number of alkyl carbamates (subject to hydrolysis) is 2. The Morgan fingerprint density at radius 1 is 0.725 bits per heavy atom. The van der Waals surface area contributed by atoms with Gasteiger partial charge >= 0.3 is 24.1 Å². The van der Waals surface area contributed by atoms with Crippen LogP contribution in [0.3, 0.4) is 0 Å². The van der Waals surface area contributed by atoms with Gasteiger partial charge in [0.25, 0.3) is 0 Å². The highest BCUT2D eigenvalue weighted by Crippen LogP contribution is 2.26. The number of hydrogen-bond acceptors (Lipinski definition) is 10. The Morgan fingerprint density at radius 3 is 1.73 bits per heavy atom. The number of carbonyl (C=O) groups is 4. The van der Waals surface area contributed by atoms with Gasteiger partial charge in [-0.2, -0.15) is 24.4 Å². The second kappa shape index (κ2) is 21.9. The molecule has 0 saturated carbocycles. The summed E-state index contributed by atoms with van der Waals surface area (Å²) in [5, 5.41) is 5.41. The van der Waals surface area contributed by atoms with Gasteiger partial charge in [0.2, 0.25) is 0 Å². The average Bonchev–Trinajstić information content (AvgIpc) is 2.88. The molecule has 0 rings (SSSR count). The lowest BCUT2D eigenvalue weighted by molar-refractivity contribution is -0.152. The summed E-state index contributed by atoms with van der Waals surface area (Å²) in [6.45, 7) is 14.9. The molecule has 12 heteroatoms. The lowest BCUT2D eigenvalue weighted by Gasteiger charge is -2.25. The number of thiol groups is 1. The van der Waals surface area contributed by atoms with Gasteiger partial charge in [-0.25, -0.2) is 9.59 Å². The summed E-state index contributed by atoms with van der Waals surface area (Å²) in [5.74, 6) is 0.675. The second-order valence-corrected chi connectivity index (χ2v) is 12.5. The number of thioether (sulfide) groups is 1. The van der Waals surface area contributed by atoms with Gasteiger partial charge in [-0.15, -0.1) is 0 Å². The van der Waals surface area contributed by atoms with E-state index in [0.29, 0.717) is 56.4 Å². The number of rotatable bonds is 20. The summed E-state index contributed by atoms with van der Waals surface area (Å²) in [6.07, 6.45) is 2.21. The van der Waals surface area contributed by atoms with Gasteiger partial charge in [-0.05, 0) is 51.4 Å². The van der Waals surface area contributed by atoms with Gasteiger partial charge in [-0.3, -0.25) is 9.59 Å². The fourth-order valence-electron chi connectivity index (χ4n) is 2.98. The van der Waals surface area contributed by atoms with Gasteiger partial charge in [0.05, 0.1) is 25.0 Å². The largest absolute Gasteiger partial charge is 0.465 e. The summed E-state index contributed by atoms with van der Waals surface area (Å²) in [6, 6.07) is 0. The van der Waals surface area contributed by atoms with Crippen molar-refractivity contribution < 1.29 is 38.1 Å². The van der Waals surface area contributed by atoms with E-state index in [1.54, 1.807) is 6.92 Å². The van der Waals surface area contributed by atoms with E-state index < -0.39 is 12.2 Å². The molecule has 0 aromatic carbocycles. The summed E-state index contributed by atoms with van der Waals surface area (Å²) in [4.78, 5) is 47.6. The molecular weight excluding hydrogens is 556 g/mol. The average molecular weight is 609 g/mol. The quantitative estimate of drug-likeness (QED) is 0.0736. The van der Waals surface area contributed by atoms with Crippen LogP contribution in [-0.4, -0.2) is 79.9 Å². The zero-order valence-electron chi connectivity index (χ0n) is 25.4. The molecule has 2 amide bonds. The molecule has 40 heavy (non-hydrogen) atoms. The first-order chi connectivity index (χ1) is 18.8. The molecule has 0 bridgehead atoms. The van der Waals surface area contributed by atoms with Crippen molar-refractivity contribution in [3.8, 4) is 0 Å². The van der Waals surface area contributed by atoms with Crippen LogP contribution in [0, 0.1) is 17.3 Å². The maximum absolute atomic E-state index is 12.2. The summed E-state index contributed by atoms with van der Waals surface area (Å²) >= 11 is 5.59. The first kappa shape index (κ1) is 38.2. The SMILES string of the molecule is CC(CS)OC(=O)NCCCCCNC(=O)OC(C)CSCC(C)C(=O)OCCCCOC(=O)C(C)C(C)(C)C. The van der Waals surface area contributed by atoms with Gasteiger partial charge in [-0.1, -0.05) is 34.6 Å². The van der Waals surface area contributed by atoms with Crippen LogP contribution >= 0.6 is 24.4 Å². The van der Waals surface area contributed by atoms with Crippen LogP contribution in [0.4, 0.5) is 9.59 Å². The highest BCUT2D eigenvalue weighted by Gasteiger charge is 2.27. The van der Waals surface area contributed by atoms with Crippen LogP contribution in [0.25, 0.3) is 0 Å². The molecule has 4 atom stereocenters. The predicted octanol–water partition coefficient (Wildman–Crippen LogP) is 5.23. The Hall–Kier alpha value is -1.82. The third-order valence-corrected chi connectivity index (χ3v) is 8.02.